The Bertz CT molecular complexity index is 1130. The summed E-state index contributed by atoms with van der Waals surface area (Å²) in [5.41, 5.74) is -0.0503. The third-order valence-electron chi connectivity index (χ3n) is 6.13. The number of methoxy groups -OCH3 is 1. The molecule has 1 spiro atoms. The summed E-state index contributed by atoms with van der Waals surface area (Å²) in [6.45, 7) is 0.247. The van der Waals surface area contributed by atoms with Gasteiger partial charge >= 0.3 is 6.36 Å². The van der Waals surface area contributed by atoms with Crippen molar-refractivity contribution in [3.63, 3.8) is 0 Å². The first-order chi connectivity index (χ1) is 15.7. The quantitative estimate of drug-likeness (QED) is 0.691. The molecule has 2 bridgehead atoms. The van der Waals surface area contributed by atoms with Crippen LogP contribution in [0, 0.1) is 11.8 Å². The second-order valence-corrected chi connectivity index (χ2v) is 8.06. The molecule has 5 rings (SSSR count). The summed E-state index contributed by atoms with van der Waals surface area (Å²) >= 11 is 0. The molecule has 4 atom stereocenters. The highest BCUT2D eigenvalue weighted by Gasteiger charge is 2.67. The SMILES string of the molecule is COc1ccccc1N1C[C@]23C=C[C@H](O2)C(C(=O)Nc2ccc(OC(F)(F)F)cc2)C3C1=O. The molecule has 33 heavy (non-hydrogen) atoms. The zero-order valence-corrected chi connectivity index (χ0v) is 17.3. The monoisotopic (exact) mass is 460 g/mol. The normalized spacial score (nSPS) is 27.6. The molecule has 3 heterocycles. The highest BCUT2D eigenvalue weighted by atomic mass is 19.4. The standard InChI is InChI=1S/C23H19F3N2O5/c1-31-16-5-3-2-4-15(16)28-12-22-11-10-17(33-22)18(19(22)21(28)30)20(29)27-13-6-8-14(9-7-13)32-23(24,25)26/h2-11,17-19H,12H2,1H3,(H,27,29)/t17-,18?,19?,22-/m0/s1. The van der Waals surface area contributed by atoms with Crippen molar-refractivity contribution in [3.05, 3.63) is 60.7 Å². The Morgan fingerprint density at radius 3 is 2.61 bits per heavy atom. The molecule has 2 unspecified atom stereocenters. The van der Waals surface area contributed by atoms with Gasteiger partial charge < -0.3 is 24.4 Å². The zero-order chi connectivity index (χ0) is 23.4. The number of carbonyl (C=O) groups is 2. The van der Waals surface area contributed by atoms with Crippen LogP contribution in [0.5, 0.6) is 11.5 Å². The Morgan fingerprint density at radius 1 is 1.18 bits per heavy atom. The van der Waals surface area contributed by atoms with Crippen LogP contribution >= 0.6 is 0 Å². The van der Waals surface area contributed by atoms with Crippen LogP contribution in [0.1, 0.15) is 0 Å². The molecule has 1 N–H and O–H groups in total. The molecule has 2 aromatic rings. The van der Waals surface area contributed by atoms with E-state index in [9.17, 15) is 22.8 Å². The van der Waals surface area contributed by atoms with E-state index in [1.165, 1.54) is 19.2 Å². The van der Waals surface area contributed by atoms with Gasteiger partial charge in [0.25, 0.3) is 0 Å². The maximum absolute atomic E-state index is 13.4. The Balaban J connectivity index is 1.36. The Kier molecular flexibility index (Phi) is 4.86. The van der Waals surface area contributed by atoms with Gasteiger partial charge in [0.2, 0.25) is 11.8 Å². The van der Waals surface area contributed by atoms with E-state index in [2.05, 4.69) is 10.1 Å². The fourth-order valence-electron chi connectivity index (χ4n) is 4.82. The van der Waals surface area contributed by atoms with Crippen LogP contribution in [0.25, 0.3) is 0 Å². The summed E-state index contributed by atoms with van der Waals surface area (Å²) in [7, 11) is 1.52. The molecule has 2 fully saturated rings. The molecule has 2 amide bonds. The minimum Gasteiger partial charge on any atom is -0.495 e. The summed E-state index contributed by atoms with van der Waals surface area (Å²) in [5.74, 6) is -2.08. The number of alkyl halides is 3. The molecule has 172 valence electrons. The molecule has 3 aliphatic rings. The van der Waals surface area contributed by atoms with E-state index >= 15 is 0 Å². The van der Waals surface area contributed by atoms with Crippen molar-refractivity contribution in [2.75, 3.05) is 23.9 Å². The van der Waals surface area contributed by atoms with E-state index in [0.29, 0.717) is 11.4 Å². The molecule has 3 aliphatic heterocycles. The highest BCUT2D eigenvalue weighted by molar-refractivity contribution is 6.06. The number of benzene rings is 2. The van der Waals surface area contributed by atoms with Gasteiger partial charge in [-0.25, -0.2) is 0 Å². The van der Waals surface area contributed by atoms with Gasteiger partial charge in [-0.15, -0.1) is 13.2 Å². The third-order valence-corrected chi connectivity index (χ3v) is 6.13. The summed E-state index contributed by atoms with van der Waals surface area (Å²) in [6, 6.07) is 11.9. The van der Waals surface area contributed by atoms with Gasteiger partial charge in [0.1, 0.15) is 17.1 Å². The smallest absolute Gasteiger partial charge is 0.495 e. The second kappa shape index (κ2) is 7.51. The summed E-state index contributed by atoms with van der Waals surface area (Å²) < 4.78 is 52.4. The molecule has 7 nitrogen and oxygen atoms in total. The van der Waals surface area contributed by atoms with Crippen molar-refractivity contribution in [2.45, 2.75) is 18.1 Å². The lowest BCUT2D eigenvalue weighted by Crippen LogP contribution is -2.41. The zero-order valence-electron chi connectivity index (χ0n) is 17.3. The number of rotatable bonds is 5. The largest absolute Gasteiger partial charge is 0.573 e. The van der Waals surface area contributed by atoms with Gasteiger partial charge in [0.15, 0.2) is 0 Å². The van der Waals surface area contributed by atoms with Gasteiger partial charge in [0, 0.05) is 5.69 Å². The fourth-order valence-corrected chi connectivity index (χ4v) is 4.82. The number of amides is 2. The van der Waals surface area contributed by atoms with Crippen molar-refractivity contribution in [2.24, 2.45) is 11.8 Å². The Labute approximate surface area is 186 Å². The van der Waals surface area contributed by atoms with E-state index in [1.54, 1.807) is 35.2 Å². The van der Waals surface area contributed by atoms with Crippen LogP contribution < -0.4 is 19.7 Å². The van der Waals surface area contributed by atoms with Gasteiger partial charge in [-0.05, 0) is 36.4 Å². The van der Waals surface area contributed by atoms with Gasteiger partial charge in [-0.3, -0.25) is 9.59 Å². The van der Waals surface area contributed by atoms with E-state index in [0.717, 1.165) is 12.1 Å². The number of ether oxygens (including phenoxy) is 3. The highest BCUT2D eigenvalue weighted by Crippen LogP contribution is 2.53. The second-order valence-electron chi connectivity index (χ2n) is 8.06. The first-order valence-electron chi connectivity index (χ1n) is 10.2. The number of hydrogen-bond acceptors (Lipinski definition) is 5. The summed E-state index contributed by atoms with van der Waals surface area (Å²) in [4.78, 5) is 28.1. The molecule has 0 aliphatic carbocycles. The van der Waals surface area contributed by atoms with E-state index in [1.807, 2.05) is 6.08 Å². The van der Waals surface area contributed by atoms with Crippen molar-refractivity contribution >= 4 is 23.2 Å². The predicted molar refractivity (Wildman–Crippen MR) is 111 cm³/mol. The molecule has 10 heteroatoms. The maximum Gasteiger partial charge on any atom is 0.573 e. The maximum atomic E-state index is 13.4. The van der Waals surface area contributed by atoms with Crippen LogP contribution in [-0.2, 0) is 14.3 Å². The Morgan fingerprint density at radius 2 is 1.91 bits per heavy atom. The average molecular weight is 460 g/mol. The number of fused-ring (bicyclic) bond motifs is 1. The first-order valence-corrected chi connectivity index (χ1v) is 10.2. The Hall–Kier alpha value is -3.53. The molecule has 2 saturated heterocycles. The molecular weight excluding hydrogens is 441 g/mol. The fraction of sp³-hybridized carbons (Fsp3) is 0.304. The molecular formula is C23H19F3N2O5. The van der Waals surface area contributed by atoms with E-state index in [4.69, 9.17) is 9.47 Å². The number of carbonyl (C=O) groups excluding carboxylic acids is 2. The van der Waals surface area contributed by atoms with E-state index in [-0.39, 0.29) is 18.1 Å². The van der Waals surface area contributed by atoms with E-state index < -0.39 is 41.6 Å². The van der Waals surface area contributed by atoms with Crippen LogP contribution in [0.15, 0.2) is 60.7 Å². The van der Waals surface area contributed by atoms with Crippen LogP contribution in [-0.4, -0.2) is 43.5 Å². The number of hydrogen-bond donors (Lipinski definition) is 1. The van der Waals surface area contributed by atoms with Gasteiger partial charge in [-0.1, -0.05) is 24.3 Å². The minimum atomic E-state index is -4.80. The lowest BCUT2D eigenvalue weighted by molar-refractivity contribution is -0.274. The predicted octanol–water partition coefficient (Wildman–Crippen LogP) is 3.52. The van der Waals surface area contributed by atoms with Gasteiger partial charge in [0.05, 0.1) is 37.3 Å². The summed E-state index contributed by atoms with van der Waals surface area (Å²) in [6.07, 6.45) is -1.75. The first kappa shape index (κ1) is 21.3. The minimum absolute atomic E-state index is 0.247. The van der Waals surface area contributed by atoms with Crippen molar-refractivity contribution in [3.8, 4) is 11.5 Å². The number of para-hydroxylation sites is 2. The third kappa shape index (κ3) is 3.60. The summed E-state index contributed by atoms with van der Waals surface area (Å²) in [5, 5.41) is 2.68. The topological polar surface area (TPSA) is 77.1 Å². The molecule has 0 radical (unpaired) electrons. The van der Waals surface area contributed by atoms with Crippen molar-refractivity contribution in [1.82, 2.24) is 0 Å². The molecule has 0 aromatic heterocycles. The van der Waals surface area contributed by atoms with Crippen LogP contribution in [0.2, 0.25) is 0 Å². The van der Waals surface area contributed by atoms with Crippen molar-refractivity contribution in [1.29, 1.82) is 0 Å². The van der Waals surface area contributed by atoms with Crippen LogP contribution in [0.4, 0.5) is 24.5 Å². The molecule has 0 saturated carbocycles. The number of nitrogens with zero attached hydrogens (tertiary/aromatic N) is 1. The number of halogens is 3. The lowest BCUT2D eigenvalue weighted by Gasteiger charge is -2.23. The molecule has 2 aromatic carbocycles. The lowest BCUT2D eigenvalue weighted by atomic mass is 9.77. The van der Waals surface area contributed by atoms with Crippen molar-refractivity contribution < 1.29 is 37.0 Å². The van der Waals surface area contributed by atoms with Gasteiger partial charge in [-0.2, -0.15) is 0 Å². The number of anilines is 2. The number of nitrogens with one attached hydrogen (secondary N) is 1. The average Bonchev–Trinajstić information content (AvgIpc) is 3.42. The van der Waals surface area contributed by atoms with Crippen LogP contribution in [0.3, 0.4) is 0 Å².